The van der Waals surface area contributed by atoms with Crippen LogP contribution in [-0.2, 0) is 36.9 Å². The molecule has 11 heteroatoms. The highest BCUT2D eigenvalue weighted by molar-refractivity contribution is 6.08. The number of carbonyl (C=O) groups is 2. The van der Waals surface area contributed by atoms with Crippen molar-refractivity contribution in [1.82, 2.24) is 0 Å². The van der Waals surface area contributed by atoms with E-state index in [2.05, 4.69) is 0 Å². The second-order valence-electron chi connectivity index (χ2n) is 12.2. The zero-order valence-corrected chi connectivity index (χ0v) is 26.9. The molecule has 3 aromatic rings. The smallest absolute Gasteiger partial charge is 0.416 e. The highest BCUT2D eigenvalue weighted by Crippen LogP contribution is 2.45. The number of benzene rings is 3. The van der Waals surface area contributed by atoms with Gasteiger partial charge >= 0.3 is 6.18 Å². The first-order valence-electron chi connectivity index (χ1n) is 15.0. The molecule has 5 rings (SSSR count). The summed E-state index contributed by atoms with van der Waals surface area (Å²) >= 11 is 0. The van der Waals surface area contributed by atoms with E-state index in [1.807, 2.05) is 26.8 Å². The number of amides is 1. The molecule has 0 aliphatic carbocycles. The third-order valence-electron chi connectivity index (χ3n) is 7.64. The van der Waals surface area contributed by atoms with Gasteiger partial charge in [-0.1, -0.05) is 6.92 Å². The molecular weight excluding hydrogens is 609 g/mol. The van der Waals surface area contributed by atoms with Crippen LogP contribution in [0.4, 0.5) is 27.6 Å². The molecule has 2 aliphatic heterocycles. The van der Waals surface area contributed by atoms with Crippen LogP contribution in [0.2, 0.25) is 0 Å². The van der Waals surface area contributed by atoms with E-state index in [1.54, 1.807) is 20.8 Å². The molecular formula is C35H40F5NO5. The van der Waals surface area contributed by atoms with E-state index in [1.165, 1.54) is 17.0 Å². The fourth-order valence-corrected chi connectivity index (χ4v) is 5.85. The minimum atomic E-state index is -4.71. The number of alkyl halides is 4. The highest BCUT2D eigenvalue weighted by atomic mass is 19.4. The van der Waals surface area contributed by atoms with Crippen LogP contribution >= 0.6 is 0 Å². The summed E-state index contributed by atoms with van der Waals surface area (Å²) in [6.07, 6.45) is -2.06. The van der Waals surface area contributed by atoms with Crippen LogP contribution < -0.4 is 9.64 Å². The number of ether oxygens (including phenoxy) is 1. The van der Waals surface area contributed by atoms with Crippen molar-refractivity contribution >= 4 is 18.1 Å². The average molecular weight is 650 g/mol. The molecule has 2 N–H and O–H groups in total. The molecule has 0 aromatic heterocycles. The van der Waals surface area contributed by atoms with Crippen LogP contribution in [0.25, 0.3) is 11.1 Å². The summed E-state index contributed by atoms with van der Waals surface area (Å²) in [4.78, 5) is 23.4. The summed E-state index contributed by atoms with van der Waals surface area (Å²) in [5.74, 6) is -0.753. The maximum absolute atomic E-state index is 15.2. The molecule has 0 saturated heterocycles. The maximum atomic E-state index is 15.2. The van der Waals surface area contributed by atoms with Gasteiger partial charge in [0.15, 0.2) is 11.6 Å². The summed E-state index contributed by atoms with van der Waals surface area (Å²) in [7, 11) is 0. The van der Waals surface area contributed by atoms with Crippen LogP contribution in [0.1, 0.15) is 83.4 Å². The Morgan fingerprint density at radius 2 is 1.67 bits per heavy atom. The first kappa shape index (κ1) is 36.5. The summed E-state index contributed by atoms with van der Waals surface area (Å²) in [6, 6.07) is 6.04. The zero-order valence-electron chi connectivity index (χ0n) is 26.9. The van der Waals surface area contributed by atoms with Gasteiger partial charge in [-0.15, -0.1) is 0 Å². The molecule has 0 atom stereocenters. The number of anilines is 1. The van der Waals surface area contributed by atoms with E-state index in [4.69, 9.17) is 19.7 Å². The Balaban J connectivity index is 0.000000647. The second kappa shape index (κ2) is 14.6. The van der Waals surface area contributed by atoms with E-state index < -0.39 is 35.7 Å². The number of carbonyl (C=O) groups excluding carboxylic acids is 1. The standard InChI is InChI=1S/C30H28F5NO2.C4H10O.CH2O2/c1-4-21-16(2)10-26-23(27(21)24-14-25(32)28-22(17(24)3)6-5-9-38-28)7-8-36(26)29(37)19-11-18(15-31)12-20(13-19)30(33,34)35;1-4(2,3)5;2-1-3/h10-14H,4-9,15H2,1-3H3;5H,1-3H3;1H,(H,2,3). The molecule has 0 radical (unpaired) electrons. The van der Waals surface area contributed by atoms with Gasteiger partial charge in [-0.3, -0.25) is 9.59 Å². The molecule has 0 spiro atoms. The number of fused-ring (bicyclic) bond motifs is 2. The Hall–Kier alpha value is -3.99. The molecule has 2 aliphatic rings. The third-order valence-corrected chi connectivity index (χ3v) is 7.64. The topological polar surface area (TPSA) is 87.1 Å². The Kier molecular flexibility index (Phi) is 11.6. The molecule has 250 valence electrons. The number of hydrogen-bond donors (Lipinski definition) is 2. The SMILES string of the molecule is CC(C)(C)O.CCc1c(C)cc2c(c1-c1cc(F)c3c(c1C)CCCO3)CCN2C(=O)c1cc(CF)cc(C(F)(F)F)c1.O=CO. The van der Waals surface area contributed by atoms with Crippen LogP contribution in [0.5, 0.6) is 5.75 Å². The van der Waals surface area contributed by atoms with Gasteiger partial charge in [-0.2, -0.15) is 13.2 Å². The van der Waals surface area contributed by atoms with Crippen LogP contribution in [0, 0.1) is 19.7 Å². The van der Waals surface area contributed by atoms with Gasteiger partial charge in [0.1, 0.15) is 6.67 Å². The van der Waals surface area contributed by atoms with Crippen molar-refractivity contribution in [3.63, 3.8) is 0 Å². The molecule has 0 unspecified atom stereocenters. The lowest BCUT2D eigenvalue weighted by Gasteiger charge is -2.25. The number of nitrogens with zero attached hydrogens (tertiary/aromatic N) is 1. The van der Waals surface area contributed by atoms with Gasteiger partial charge in [0.25, 0.3) is 12.4 Å². The molecule has 0 bridgehead atoms. The van der Waals surface area contributed by atoms with E-state index >= 15 is 4.39 Å². The second-order valence-corrected chi connectivity index (χ2v) is 12.2. The average Bonchev–Trinajstić information content (AvgIpc) is 3.40. The van der Waals surface area contributed by atoms with Crippen molar-refractivity contribution in [2.45, 2.75) is 85.7 Å². The van der Waals surface area contributed by atoms with Crippen molar-refractivity contribution in [2.75, 3.05) is 18.1 Å². The van der Waals surface area contributed by atoms with Crippen molar-refractivity contribution in [3.05, 3.63) is 80.7 Å². The number of carboxylic acid groups (broad SMARTS) is 1. The van der Waals surface area contributed by atoms with Crippen molar-refractivity contribution in [2.24, 2.45) is 0 Å². The first-order valence-corrected chi connectivity index (χ1v) is 15.0. The van der Waals surface area contributed by atoms with Crippen molar-refractivity contribution < 1.29 is 46.5 Å². The molecule has 0 saturated carbocycles. The minimum Gasteiger partial charge on any atom is -0.490 e. The number of rotatable bonds is 4. The largest absolute Gasteiger partial charge is 0.490 e. The van der Waals surface area contributed by atoms with E-state index in [9.17, 15) is 22.4 Å². The quantitative estimate of drug-likeness (QED) is 0.220. The predicted octanol–water partition coefficient (Wildman–Crippen LogP) is 8.17. The summed E-state index contributed by atoms with van der Waals surface area (Å²) in [5, 5.41) is 15.4. The molecule has 0 fully saturated rings. The number of hydrogen-bond acceptors (Lipinski definition) is 4. The van der Waals surface area contributed by atoms with Crippen molar-refractivity contribution in [1.29, 1.82) is 0 Å². The highest BCUT2D eigenvalue weighted by Gasteiger charge is 2.35. The van der Waals surface area contributed by atoms with Crippen LogP contribution in [0.3, 0.4) is 0 Å². The van der Waals surface area contributed by atoms with Gasteiger partial charge in [0, 0.05) is 23.4 Å². The van der Waals surface area contributed by atoms with Crippen LogP contribution in [0.15, 0.2) is 30.3 Å². The fourth-order valence-electron chi connectivity index (χ4n) is 5.85. The van der Waals surface area contributed by atoms with Gasteiger partial charge in [-0.25, -0.2) is 8.78 Å². The van der Waals surface area contributed by atoms with Crippen molar-refractivity contribution in [3.8, 4) is 16.9 Å². The van der Waals surface area contributed by atoms with Gasteiger partial charge < -0.3 is 19.8 Å². The van der Waals surface area contributed by atoms with Gasteiger partial charge in [-0.05, 0) is 130 Å². The minimum absolute atomic E-state index is 0.205. The Bertz CT molecular complexity index is 1590. The fraction of sp³-hybridized carbons (Fsp3) is 0.429. The normalized spacial score (nSPS) is 13.8. The molecule has 2 heterocycles. The number of halogens is 5. The Labute approximate surface area is 265 Å². The van der Waals surface area contributed by atoms with Gasteiger partial charge in [0.2, 0.25) is 0 Å². The Morgan fingerprint density at radius 3 is 2.24 bits per heavy atom. The van der Waals surface area contributed by atoms with E-state index in [-0.39, 0.29) is 24.1 Å². The maximum Gasteiger partial charge on any atom is 0.416 e. The number of aryl methyl sites for hydroxylation is 1. The lowest BCUT2D eigenvalue weighted by molar-refractivity contribution is -0.137. The molecule has 3 aromatic carbocycles. The summed E-state index contributed by atoms with van der Waals surface area (Å²) in [5.41, 5.74) is 4.81. The zero-order chi connectivity index (χ0) is 34.6. The first-order chi connectivity index (χ1) is 21.5. The number of aliphatic hydroxyl groups is 1. The van der Waals surface area contributed by atoms with Gasteiger partial charge in [0.05, 0.1) is 17.8 Å². The third kappa shape index (κ3) is 8.23. The lowest BCUT2D eigenvalue weighted by Crippen LogP contribution is -2.29. The Morgan fingerprint density at radius 1 is 1.04 bits per heavy atom. The lowest BCUT2D eigenvalue weighted by atomic mass is 9.84. The van der Waals surface area contributed by atoms with E-state index in [0.29, 0.717) is 37.3 Å². The molecule has 1 amide bonds. The monoisotopic (exact) mass is 649 g/mol. The molecule has 6 nitrogen and oxygen atoms in total. The molecule has 46 heavy (non-hydrogen) atoms. The summed E-state index contributed by atoms with van der Waals surface area (Å²) in [6.45, 7) is 10.5. The predicted molar refractivity (Wildman–Crippen MR) is 167 cm³/mol. The van der Waals surface area contributed by atoms with Crippen LogP contribution in [-0.4, -0.2) is 41.3 Å². The summed E-state index contributed by atoms with van der Waals surface area (Å²) < 4.78 is 74.5. The van der Waals surface area contributed by atoms with E-state index in [0.717, 1.165) is 57.5 Å².